The van der Waals surface area contributed by atoms with Crippen LogP contribution in [0.2, 0.25) is 0 Å². The van der Waals surface area contributed by atoms with Gasteiger partial charge in [-0.15, -0.1) is 0 Å². The number of hydrogen-bond donors (Lipinski definition) is 2. The summed E-state index contributed by atoms with van der Waals surface area (Å²) in [6, 6.07) is 4.73. The van der Waals surface area contributed by atoms with E-state index in [2.05, 4.69) is 22.3 Å². The molecule has 0 bridgehead atoms. The van der Waals surface area contributed by atoms with Gasteiger partial charge >= 0.3 is 12.1 Å². The average molecular weight is 913 g/mol. The summed E-state index contributed by atoms with van der Waals surface area (Å²) in [5.74, 6) is -0.0689. The van der Waals surface area contributed by atoms with Gasteiger partial charge in [-0.05, 0) is 86.2 Å². The lowest BCUT2D eigenvalue weighted by atomic mass is 9.73. The zero-order chi connectivity index (χ0) is 48.3. The molecule has 1 aromatic carbocycles. The molecule has 3 fully saturated rings. The minimum Gasteiger partial charge on any atom is -0.455 e. The number of methoxy groups -OCH3 is 1. The molecule has 3 aliphatic heterocycles. The summed E-state index contributed by atoms with van der Waals surface area (Å²) in [5, 5.41) is 18.9. The van der Waals surface area contributed by atoms with Crippen molar-refractivity contribution in [2.75, 3.05) is 34.9 Å². The second-order valence-corrected chi connectivity index (χ2v) is 18.1. The number of Topliss-reactive ketones (excluding diaryl/α,β-unsaturated/α-hetero) is 1. The van der Waals surface area contributed by atoms with Crippen LogP contribution in [0.4, 0.5) is 9.18 Å². The Labute approximate surface area is 379 Å². The second kappa shape index (κ2) is 20.3. The minimum absolute atomic E-state index is 0.00676. The molecular formula is C47H65FN4O13. The standard InChI is InChI=1S/C47H65FN4O13/c1-14-34-47(9)40(64-44(58)65-47)27(5)35(50-60-20-16-17-29-18-19-32-30(22-29)36(53)31(41(56)49-10)24-52(32)15-2)25(3)23-45(7,59-13)39(28(6)38(55)46(8,48)43(57)62-34)63-42-37(54)33(51(11)12)21-26(4)61-42/h18-19,22,24-28,33-34,37,39-40,42,54H,14-15,20-21,23H2,1-13H3,(H,49,56)/b50-35+/t25-,26-,27+,28+,33+,34-,37-,39-,40-,42+,45-,46+,47-/m1/s1. The lowest BCUT2D eigenvalue weighted by Crippen LogP contribution is -2.61. The van der Waals surface area contributed by atoms with Crippen molar-refractivity contribution in [2.24, 2.45) is 22.9 Å². The number of ether oxygens (including phenoxy) is 6. The van der Waals surface area contributed by atoms with E-state index < -0.39 is 94.6 Å². The zero-order valence-corrected chi connectivity index (χ0v) is 39.7. The third kappa shape index (κ3) is 10.2. The lowest BCUT2D eigenvalue weighted by molar-refractivity contribution is -0.295. The highest BCUT2D eigenvalue weighted by Crippen LogP contribution is 2.43. The first-order valence-corrected chi connectivity index (χ1v) is 22.1. The molecule has 65 heavy (non-hydrogen) atoms. The van der Waals surface area contributed by atoms with E-state index >= 15 is 4.39 Å². The van der Waals surface area contributed by atoms with Gasteiger partial charge in [-0.25, -0.2) is 14.0 Å². The number of aliphatic hydroxyl groups excluding tert-OH is 1. The average Bonchev–Trinajstić information content (AvgIpc) is 3.59. The number of halogens is 1. The number of carbonyl (C=O) groups is 4. The topological polar surface area (TPSA) is 203 Å². The van der Waals surface area contributed by atoms with Crippen LogP contribution < -0.4 is 10.7 Å². The fourth-order valence-corrected chi connectivity index (χ4v) is 9.55. The number of nitrogens with zero attached hydrogens (tertiary/aromatic N) is 3. The molecule has 0 saturated carbocycles. The molecule has 3 aliphatic rings. The largest absolute Gasteiger partial charge is 0.509 e. The Morgan fingerprint density at radius 3 is 2.38 bits per heavy atom. The van der Waals surface area contributed by atoms with Gasteiger partial charge in [-0.1, -0.05) is 44.7 Å². The van der Waals surface area contributed by atoms with E-state index in [0.717, 1.165) is 6.92 Å². The van der Waals surface area contributed by atoms with Crippen LogP contribution in [-0.2, 0) is 49.4 Å². The van der Waals surface area contributed by atoms with E-state index in [9.17, 15) is 29.1 Å². The number of hydrogen-bond acceptors (Lipinski definition) is 15. The predicted octanol–water partition coefficient (Wildman–Crippen LogP) is 4.55. The minimum atomic E-state index is -3.21. The highest BCUT2D eigenvalue weighted by molar-refractivity contribution is 6.08. The monoisotopic (exact) mass is 912 g/mol. The number of cyclic esters (lactones) is 1. The summed E-state index contributed by atoms with van der Waals surface area (Å²) in [5.41, 5.74) is -5.31. The SMILES string of the molecule is CC[C@H]1OC(=O)[C@@](C)(F)C(=O)[C@H](C)[C@@H](O[C@@H]2O[C@H](C)C[C@H](N(C)C)[C@H]2O)[C@](C)(OC)C[C@@H](C)/C(=N\OCC#Cc2ccc3c(c2)c(=O)c(C(=O)NC)cn3CC)[C@H](C)[C@H]2OC(=O)O[C@@]21C. The van der Waals surface area contributed by atoms with Crippen molar-refractivity contribution in [3.05, 3.63) is 45.7 Å². The molecule has 1 aromatic heterocycles. The normalized spacial score (nSPS) is 35.3. The van der Waals surface area contributed by atoms with Gasteiger partial charge in [0.25, 0.3) is 11.6 Å². The van der Waals surface area contributed by atoms with Crippen molar-refractivity contribution in [3.8, 4) is 11.8 Å². The Hall–Kier alpha value is -4.93. The Balaban J connectivity index is 1.57. The van der Waals surface area contributed by atoms with Crippen molar-refractivity contribution >= 4 is 40.4 Å². The number of oxime groups is 1. The van der Waals surface area contributed by atoms with Gasteiger partial charge in [0.2, 0.25) is 5.43 Å². The molecule has 0 radical (unpaired) electrons. The summed E-state index contributed by atoms with van der Waals surface area (Å²) in [6.45, 7) is 14.7. The Morgan fingerprint density at radius 1 is 1.08 bits per heavy atom. The van der Waals surface area contributed by atoms with Gasteiger partial charge in [-0.3, -0.25) is 14.4 Å². The van der Waals surface area contributed by atoms with E-state index in [1.807, 2.05) is 44.3 Å². The van der Waals surface area contributed by atoms with Gasteiger partial charge in [0.1, 0.15) is 17.8 Å². The number of pyridine rings is 1. The molecule has 1 amide bonds. The Kier molecular flexibility index (Phi) is 15.9. The maximum atomic E-state index is 16.8. The van der Waals surface area contributed by atoms with E-state index in [1.54, 1.807) is 39.0 Å². The summed E-state index contributed by atoms with van der Waals surface area (Å²) in [6.07, 6.45) is -5.57. The number of esters is 1. The molecule has 5 rings (SSSR count). The van der Waals surface area contributed by atoms with Crippen LogP contribution in [0, 0.1) is 29.6 Å². The quantitative estimate of drug-likeness (QED) is 0.117. The summed E-state index contributed by atoms with van der Waals surface area (Å²) in [7, 11) is 6.49. The molecule has 13 atom stereocenters. The number of rotatable bonds is 9. The molecule has 0 aliphatic carbocycles. The second-order valence-electron chi connectivity index (χ2n) is 18.1. The Morgan fingerprint density at radius 2 is 1.77 bits per heavy atom. The van der Waals surface area contributed by atoms with E-state index in [-0.39, 0.29) is 37.2 Å². The van der Waals surface area contributed by atoms with Crippen LogP contribution >= 0.6 is 0 Å². The third-order valence-corrected chi connectivity index (χ3v) is 13.3. The van der Waals surface area contributed by atoms with Crippen molar-refractivity contribution in [2.45, 2.75) is 148 Å². The summed E-state index contributed by atoms with van der Waals surface area (Å²) >= 11 is 0. The Bertz CT molecular complexity index is 2270. The molecule has 2 N–H and O–H groups in total. The van der Waals surface area contributed by atoms with Crippen molar-refractivity contribution in [1.29, 1.82) is 0 Å². The molecule has 4 heterocycles. The zero-order valence-electron chi connectivity index (χ0n) is 39.7. The number of amides is 1. The summed E-state index contributed by atoms with van der Waals surface area (Å²) in [4.78, 5) is 74.7. The van der Waals surface area contributed by atoms with Gasteiger partial charge in [0, 0.05) is 61.6 Å². The van der Waals surface area contributed by atoms with Crippen molar-refractivity contribution in [3.63, 3.8) is 0 Å². The van der Waals surface area contributed by atoms with Crippen LogP contribution in [0.25, 0.3) is 10.9 Å². The van der Waals surface area contributed by atoms with Crippen molar-refractivity contribution in [1.82, 2.24) is 14.8 Å². The molecule has 2 aromatic rings. The number of aliphatic hydroxyl groups is 1. The lowest BCUT2D eigenvalue weighted by Gasteiger charge is -2.47. The molecule has 18 heteroatoms. The highest BCUT2D eigenvalue weighted by atomic mass is 19.1. The van der Waals surface area contributed by atoms with Gasteiger partial charge < -0.3 is 53.1 Å². The van der Waals surface area contributed by atoms with E-state index in [4.69, 9.17) is 33.3 Å². The number of ketones is 1. The number of carbonyl (C=O) groups excluding carboxylic acids is 4. The molecular weight excluding hydrogens is 848 g/mol. The van der Waals surface area contributed by atoms with Gasteiger partial charge in [-0.2, -0.15) is 0 Å². The number of fused-ring (bicyclic) bond motifs is 2. The van der Waals surface area contributed by atoms with Crippen LogP contribution in [-0.4, -0.2) is 139 Å². The molecule has 3 saturated heterocycles. The van der Waals surface area contributed by atoms with Crippen LogP contribution in [0.15, 0.2) is 34.3 Å². The maximum Gasteiger partial charge on any atom is 0.509 e. The fraction of sp³-hybridized carbons (Fsp3) is 0.660. The maximum absolute atomic E-state index is 16.8. The number of nitrogens with one attached hydrogen (secondary N) is 1. The first kappa shape index (κ1) is 51.1. The number of aryl methyl sites for hydroxylation is 1. The first-order chi connectivity index (χ1) is 30.5. The number of alkyl halides is 1. The van der Waals surface area contributed by atoms with Crippen LogP contribution in [0.5, 0.6) is 0 Å². The van der Waals surface area contributed by atoms with Crippen LogP contribution in [0.3, 0.4) is 0 Å². The number of likely N-dealkylation sites (N-methyl/N-ethyl adjacent to an activating group) is 1. The third-order valence-electron chi connectivity index (χ3n) is 13.3. The summed E-state index contributed by atoms with van der Waals surface area (Å²) < 4.78 is 54.7. The fourth-order valence-electron chi connectivity index (χ4n) is 9.55. The number of aromatic nitrogens is 1. The van der Waals surface area contributed by atoms with Gasteiger partial charge in [0.05, 0.1) is 29.0 Å². The number of benzene rings is 1. The predicted molar refractivity (Wildman–Crippen MR) is 237 cm³/mol. The smallest absolute Gasteiger partial charge is 0.455 e. The molecule has 0 spiro atoms. The van der Waals surface area contributed by atoms with E-state index in [1.165, 1.54) is 34.2 Å². The first-order valence-electron chi connectivity index (χ1n) is 22.1. The van der Waals surface area contributed by atoms with E-state index in [0.29, 0.717) is 35.1 Å². The molecule has 0 unspecified atom stereocenters. The molecule has 358 valence electrons. The van der Waals surface area contributed by atoms with Crippen molar-refractivity contribution < 1.29 is 61.9 Å². The highest BCUT2D eigenvalue weighted by Gasteiger charge is 2.60. The van der Waals surface area contributed by atoms with Crippen LogP contribution in [0.1, 0.15) is 97.5 Å². The van der Waals surface area contributed by atoms with Gasteiger partial charge in [0.15, 0.2) is 30.4 Å². The molecule has 17 nitrogen and oxygen atoms in total.